The zero-order valence-corrected chi connectivity index (χ0v) is 66.2. The average Bonchev–Trinajstić information content (AvgIpc) is 0.727. The molecule has 0 aliphatic heterocycles. The molecule has 0 fully saturated rings. The van der Waals surface area contributed by atoms with Crippen LogP contribution < -0.4 is 0 Å². The summed E-state index contributed by atoms with van der Waals surface area (Å²) < 4.78 is 0. The van der Waals surface area contributed by atoms with Crippen LogP contribution in [0.3, 0.4) is 0 Å². The molecule has 0 saturated carbocycles. The summed E-state index contributed by atoms with van der Waals surface area (Å²) in [5.74, 6) is 3.95. The molecule has 2 heterocycles. The number of hydrogen-bond acceptors (Lipinski definition) is 6. The van der Waals surface area contributed by atoms with Crippen LogP contribution in [-0.4, -0.2) is 29.9 Å². The van der Waals surface area contributed by atoms with Crippen molar-refractivity contribution in [3.63, 3.8) is 0 Å². The summed E-state index contributed by atoms with van der Waals surface area (Å²) in [5.41, 5.74) is 20.5. The normalized spacial score (nSPS) is 14.1. The number of fused-ring (bicyclic) bond motifs is 20. The molecular weight excluding hydrogens is 1410 g/mol. The maximum absolute atomic E-state index is 5.29. The fourth-order valence-electron chi connectivity index (χ4n) is 18.9. The molecule has 0 amide bonds. The van der Waals surface area contributed by atoms with Gasteiger partial charge in [-0.05, 0) is 211 Å². The van der Waals surface area contributed by atoms with Gasteiger partial charge in [-0.15, -0.1) is 0 Å². The highest BCUT2D eigenvalue weighted by molar-refractivity contribution is 6.29. The number of rotatable bonds is 8. The summed E-state index contributed by atoms with van der Waals surface area (Å²) in [7, 11) is 0. The molecule has 0 spiro atoms. The second kappa shape index (κ2) is 26.9. The van der Waals surface area contributed by atoms with Crippen molar-refractivity contribution in [1.82, 2.24) is 29.9 Å². The Bertz CT molecular complexity index is 7460. The predicted octanol–water partition coefficient (Wildman–Crippen LogP) is 28.8. The lowest BCUT2D eigenvalue weighted by atomic mass is 9.55. The molecule has 0 saturated heterocycles. The van der Waals surface area contributed by atoms with Crippen LogP contribution >= 0.6 is 0 Å². The quantitative estimate of drug-likeness (QED) is 0.141. The van der Waals surface area contributed by atoms with Crippen LogP contribution in [0.4, 0.5) is 0 Å². The molecule has 18 aromatic carbocycles. The van der Waals surface area contributed by atoms with Gasteiger partial charge in [-0.1, -0.05) is 371 Å². The molecule has 6 nitrogen and oxygen atoms in total. The van der Waals surface area contributed by atoms with E-state index in [-0.39, 0.29) is 21.7 Å². The van der Waals surface area contributed by atoms with Crippen molar-refractivity contribution < 1.29 is 0 Å². The number of benzene rings is 18. The molecule has 552 valence electrons. The lowest BCUT2D eigenvalue weighted by Gasteiger charge is -2.48. The fourth-order valence-corrected chi connectivity index (χ4v) is 18.9. The standard InChI is InChI=1S/2C55H41N3/c1-54(2)47-24-13-12-23-43(47)44-29-28-40(33-48(44)55(54,3)4)53-57-51(36-17-6-5-7-18-36)56-52(58-53)39-20-14-19-37(31-39)46-32-38-26-25-34-15-8-10-21-41(34)49(38)45-30-27-35-16-9-11-22-42(35)50(45)46;1-54(2)48-20-11-10-19-45(48)46-29-26-41(33-49(46)55(54,3)4)53-57-51(36-14-6-5-7-15-36)56-52(58-53)40-17-12-16-37(32-40)38-25-27-43-39(31-38)22-21-35-24-28-44-42-18-9-8-13-34(42)23-30-47(44)50(35)43/h2*5-33H,1-4H3. The van der Waals surface area contributed by atoms with Crippen LogP contribution in [0.5, 0.6) is 0 Å². The maximum Gasteiger partial charge on any atom is 0.164 e. The highest BCUT2D eigenvalue weighted by Crippen LogP contribution is 2.57. The van der Waals surface area contributed by atoms with Crippen LogP contribution in [0.2, 0.25) is 0 Å². The van der Waals surface area contributed by atoms with Crippen LogP contribution in [0.25, 0.3) is 199 Å². The molecule has 0 unspecified atom stereocenters. The van der Waals surface area contributed by atoms with E-state index in [1.54, 1.807) is 0 Å². The second-order valence-electron chi connectivity index (χ2n) is 33.7. The first-order valence-corrected chi connectivity index (χ1v) is 40.4. The van der Waals surface area contributed by atoms with Crippen LogP contribution in [0, 0.1) is 0 Å². The SMILES string of the molecule is CC1(C)c2ccccc2-c2ccc(-c3nc(-c4ccccc4)nc(-c4cccc(-c5cc6ccc7ccccc7c6c6ccc7ccccc7c56)c4)n3)cc2C1(C)C.CC1(C)c2ccccc2-c2ccc(-c3nc(-c4ccccc4)nc(-c4cccc(-c5ccc6c(ccc7ccc8c9ccccc9ccc8c76)c5)c4)n3)cc2C1(C)C. The fraction of sp³-hybridized carbons (Fsp3) is 0.109. The average molecular weight is 1490 g/mol. The van der Waals surface area contributed by atoms with E-state index in [0.717, 1.165) is 50.1 Å². The van der Waals surface area contributed by atoms with E-state index in [1.807, 2.05) is 36.4 Å². The van der Waals surface area contributed by atoms with Gasteiger partial charge < -0.3 is 0 Å². The van der Waals surface area contributed by atoms with Gasteiger partial charge in [0.25, 0.3) is 0 Å². The van der Waals surface area contributed by atoms with Crippen molar-refractivity contribution in [3.05, 3.63) is 374 Å². The van der Waals surface area contributed by atoms with E-state index < -0.39 is 0 Å². The molecule has 20 aromatic rings. The zero-order valence-electron chi connectivity index (χ0n) is 66.2. The smallest absolute Gasteiger partial charge is 0.164 e. The molecule has 0 bridgehead atoms. The third kappa shape index (κ3) is 11.3. The van der Waals surface area contributed by atoms with Crippen molar-refractivity contribution in [3.8, 4) is 113 Å². The monoisotopic (exact) mass is 1490 g/mol. The molecule has 22 rings (SSSR count). The van der Waals surface area contributed by atoms with Crippen molar-refractivity contribution in [2.24, 2.45) is 0 Å². The van der Waals surface area contributed by atoms with Crippen molar-refractivity contribution in [2.75, 3.05) is 0 Å². The van der Waals surface area contributed by atoms with Gasteiger partial charge in [0.1, 0.15) is 0 Å². The highest BCUT2D eigenvalue weighted by Gasteiger charge is 2.47. The van der Waals surface area contributed by atoms with Crippen LogP contribution in [0.15, 0.2) is 352 Å². The van der Waals surface area contributed by atoms with Crippen LogP contribution in [0.1, 0.15) is 77.6 Å². The minimum Gasteiger partial charge on any atom is -0.208 e. The molecule has 0 N–H and O–H groups in total. The number of hydrogen-bond donors (Lipinski definition) is 0. The van der Waals surface area contributed by atoms with Crippen molar-refractivity contribution >= 4 is 86.2 Å². The Morgan fingerprint density at radius 3 is 1.04 bits per heavy atom. The molecule has 2 aromatic heterocycles. The summed E-state index contributed by atoms with van der Waals surface area (Å²) in [6, 6.07) is 127. The molecule has 116 heavy (non-hydrogen) atoms. The molecule has 0 radical (unpaired) electrons. The predicted molar refractivity (Wildman–Crippen MR) is 486 cm³/mol. The third-order valence-corrected chi connectivity index (χ3v) is 26.5. The minimum absolute atomic E-state index is 0.0757. The molecular formula is C110H82N6. The van der Waals surface area contributed by atoms with Gasteiger partial charge in [0.05, 0.1) is 0 Å². The Balaban J connectivity index is 0.000000145. The van der Waals surface area contributed by atoms with Gasteiger partial charge >= 0.3 is 0 Å². The molecule has 6 heteroatoms. The van der Waals surface area contributed by atoms with E-state index in [4.69, 9.17) is 29.9 Å². The minimum atomic E-state index is -0.141. The van der Waals surface area contributed by atoms with E-state index >= 15 is 0 Å². The van der Waals surface area contributed by atoms with Gasteiger partial charge in [0.2, 0.25) is 0 Å². The number of aromatic nitrogens is 6. The van der Waals surface area contributed by atoms with Crippen molar-refractivity contribution in [2.45, 2.75) is 77.0 Å². The van der Waals surface area contributed by atoms with Gasteiger partial charge in [0, 0.05) is 33.4 Å². The second-order valence-corrected chi connectivity index (χ2v) is 33.7. The lowest BCUT2D eigenvalue weighted by Crippen LogP contribution is -2.43. The molecule has 0 atom stereocenters. The summed E-state index contributed by atoms with van der Waals surface area (Å²) >= 11 is 0. The summed E-state index contributed by atoms with van der Waals surface area (Å²) in [6.07, 6.45) is 0. The van der Waals surface area contributed by atoms with E-state index in [2.05, 4.69) is 371 Å². The van der Waals surface area contributed by atoms with Crippen molar-refractivity contribution in [1.29, 1.82) is 0 Å². The Morgan fingerprint density at radius 2 is 0.483 bits per heavy atom. The first-order valence-electron chi connectivity index (χ1n) is 40.4. The summed E-state index contributed by atoms with van der Waals surface area (Å²) in [4.78, 5) is 31.1. The first kappa shape index (κ1) is 70.0. The Morgan fingerprint density at radius 1 is 0.155 bits per heavy atom. The van der Waals surface area contributed by atoms with E-state index in [1.165, 1.54) is 136 Å². The Hall–Kier alpha value is -13.9. The Labute approximate surface area is 675 Å². The molecule has 2 aliphatic carbocycles. The highest BCUT2D eigenvalue weighted by atomic mass is 15.0. The summed E-state index contributed by atoms with van der Waals surface area (Å²) in [6.45, 7) is 18.9. The first-order chi connectivity index (χ1) is 56.5. The third-order valence-electron chi connectivity index (χ3n) is 26.5. The zero-order chi connectivity index (χ0) is 78.3. The summed E-state index contributed by atoms with van der Waals surface area (Å²) in [5, 5.41) is 20.1. The van der Waals surface area contributed by atoms with E-state index in [0.29, 0.717) is 34.9 Å². The largest absolute Gasteiger partial charge is 0.208 e. The number of nitrogens with zero attached hydrogens (tertiary/aromatic N) is 6. The Kier molecular flexibility index (Phi) is 16.2. The van der Waals surface area contributed by atoms with Gasteiger partial charge in [0.15, 0.2) is 34.9 Å². The topological polar surface area (TPSA) is 77.3 Å². The van der Waals surface area contributed by atoms with Gasteiger partial charge in [-0.25, -0.2) is 29.9 Å². The maximum atomic E-state index is 5.29. The van der Waals surface area contributed by atoms with E-state index in [9.17, 15) is 0 Å². The van der Waals surface area contributed by atoms with Gasteiger partial charge in [-0.2, -0.15) is 0 Å². The lowest BCUT2D eigenvalue weighted by molar-refractivity contribution is 0.299. The molecule has 2 aliphatic rings. The van der Waals surface area contributed by atoms with Gasteiger partial charge in [-0.3, -0.25) is 0 Å². The van der Waals surface area contributed by atoms with Crippen LogP contribution in [-0.2, 0) is 21.7 Å².